The van der Waals surface area contributed by atoms with Crippen molar-refractivity contribution in [3.05, 3.63) is 64.5 Å². The summed E-state index contributed by atoms with van der Waals surface area (Å²) >= 11 is 0. The number of phenolic OH excluding ortho intramolecular Hbond substituents is 1. The lowest BCUT2D eigenvalue weighted by Crippen LogP contribution is -2.40. The van der Waals surface area contributed by atoms with Gasteiger partial charge in [0.2, 0.25) is 15.8 Å². The Bertz CT molecular complexity index is 1480. The zero-order valence-electron chi connectivity index (χ0n) is 17.7. The van der Waals surface area contributed by atoms with E-state index < -0.39 is 52.7 Å². The highest BCUT2D eigenvalue weighted by Gasteiger charge is 2.27. The summed E-state index contributed by atoms with van der Waals surface area (Å²) in [5.41, 5.74) is -1.84. The third kappa shape index (κ3) is 5.05. The van der Waals surface area contributed by atoms with E-state index >= 15 is 0 Å². The Hall–Kier alpha value is -3.29. The van der Waals surface area contributed by atoms with Gasteiger partial charge in [-0.15, -0.1) is 0 Å². The molecule has 0 spiro atoms. The minimum Gasteiger partial charge on any atom is -0.506 e. The van der Waals surface area contributed by atoms with Crippen molar-refractivity contribution in [2.75, 3.05) is 4.72 Å². The van der Waals surface area contributed by atoms with Crippen molar-refractivity contribution in [2.45, 2.75) is 36.1 Å². The molecule has 0 aliphatic rings. The van der Waals surface area contributed by atoms with Gasteiger partial charge in [-0.25, -0.2) is 21.6 Å². The molecule has 0 heterocycles. The molecule has 33 heavy (non-hydrogen) atoms. The molecule has 10 nitrogen and oxygen atoms in total. The lowest BCUT2D eigenvalue weighted by atomic mass is 10.1. The van der Waals surface area contributed by atoms with Crippen molar-refractivity contribution in [1.29, 1.82) is 0 Å². The Labute approximate surface area is 189 Å². The fraction of sp³-hybridized carbons (Fsp3) is 0.200. The second-order valence-corrected chi connectivity index (χ2v) is 11.5. The molecule has 0 fully saturated rings. The van der Waals surface area contributed by atoms with Gasteiger partial charge in [0.05, 0.1) is 15.5 Å². The minimum absolute atomic E-state index is 0.0255. The van der Waals surface area contributed by atoms with Gasteiger partial charge in [-0.3, -0.25) is 14.8 Å². The fourth-order valence-corrected chi connectivity index (χ4v) is 5.72. The molecule has 0 amide bonds. The number of rotatable bonds is 6. The number of nitro benzene ring substituents is 1. The van der Waals surface area contributed by atoms with Crippen LogP contribution in [0.15, 0.2) is 58.3 Å². The third-order valence-corrected chi connectivity index (χ3v) is 7.55. The van der Waals surface area contributed by atoms with E-state index in [-0.39, 0.29) is 21.4 Å². The highest BCUT2D eigenvalue weighted by Crippen LogP contribution is 2.36. The Kier molecular flexibility index (Phi) is 6.08. The molecular formula is C20H20FN3O7S2. The molecule has 176 valence electrons. The summed E-state index contributed by atoms with van der Waals surface area (Å²) < 4.78 is 69.1. The lowest BCUT2D eigenvalue weighted by molar-refractivity contribution is -0.387. The molecule has 0 aliphatic heterocycles. The van der Waals surface area contributed by atoms with E-state index in [2.05, 4.69) is 9.44 Å². The van der Waals surface area contributed by atoms with Crippen molar-refractivity contribution >= 4 is 42.2 Å². The predicted octanol–water partition coefficient (Wildman–Crippen LogP) is 3.47. The van der Waals surface area contributed by atoms with Crippen LogP contribution in [-0.2, 0) is 20.0 Å². The molecule has 13 heteroatoms. The zero-order chi connectivity index (χ0) is 24.8. The Morgan fingerprint density at radius 3 is 2.24 bits per heavy atom. The molecule has 0 bridgehead atoms. The molecule has 3 aromatic carbocycles. The third-order valence-electron chi connectivity index (χ3n) is 4.39. The van der Waals surface area contributed by atoms with Gasteiger partial charge in [0, 0.05) is 22.4 Å². The molecular weight excluding hydrogens is 477 g/mol. The van der Waals surface area contributed by atoms with Crippen molar-refractivity contribution in [3.63, 3.8) is 0 Å². The molecule has 0 unspecified atom stereocenters. The molecule has 0 atom stereocenters. The number of nitro groups is 1. The predicted molar refractivity (Wildman–Crippen MR) is 120 cm³/mol. The van der Waals surface area contributed by atoms with E-state index in [1.807, 2.05) is 0 Å². The van der Waals surface area contributed by atoms with Crippen LogP contribution in [0.4, 0.5) is 15.8 Å². The van der Waals surface area contributed by atoms with Crippen LogP contribution in [-0.4, -0.2) is 32.4 Å². The number of halogens is 1. The van der Waals surface area contributed by atoms with Crippen molar-refractivity contribution in [3.8, 4) is 5.75 Å². The van der Waals surface area contributed by atoms with Crippen LogP contribution in [0.2, 0.25) is 0 Å². The van der Waals surface area contributed by atoms with Crippen LogP contribution in [0.5, 0.6) is 5.75 Å². The van der Waals surface area contributed by atoms with E-state index in [1.54, 1.807) is 20.8 Å². The number of anilines is 1. The van der Waals surface area contributed by atoms with Crippen LogP contribution in [0, 0.1) is 15.9 Å². The number of benzene rings is 3. The van der Waals surface area contributed by atoms with Gasteiger partial charge in [0.25, 0.3) is 10.0 Å². The highest BCUT2D eigenvalue weighted by molar-refractivity contribution is 7.92. The number of fused-ring (bicyclic) bond motifs is 1. The minimum atomic E-state index is -4.39. The number of aromatic hydroxyl groups is 1. The first-order valence-corrected chi connectivity index (χ1v) is 12.3. The SMILES string of the molecule is CC(C)(C)NS(=O)(=O)c1ccc2c(NS(=O)(=O)c3ccc(F)c([N+](=O)[O-])c3)cccc2c1O. The Morgan fingerprint density at radius 1 is 0.970 bits per heavy atom. The molecule has 3 rings (SSSR count). The van der Waals surface area contributed by atoms with Crippen LogP contribution in [0.3, 0.4) is 0 Å². The summed E-state index contributed by atoms with van der Waals surface area (Å²) in [6, 6.07) is 8.73. The molecule has 0 saturated heterocycles. The second-order valence-electron chi connectivity index (χ2n) is 8.14. The molecule has 0 radical (unpaired) electrons. The molecule has 0 saturated carbocycles. The number of nitrogens with one attached hydrogen (secondary N) is 2. The van der Waals surface area contributed by atoms with Crippen LogP contribution in [0.1, 0.15) is 20.8 Å². The zero-order valence-corrected chi connectivity index (χ0v) is 19.3. The van der Waals surface area contributed by atoms with Crippen LogP contribution >= 0.6 is 0 Å². The summed E-state index contributed by atoms with van der Waals surface area (Å²) in [4.78, 5) is 8.96. The van der Waals surface area contributed by atoms with E-state index in [4.69, 9.17) is 0 Å². The van der Waals surface area contributed by atoms with Gasteiger partial charge >= 0.3 is 5.69 Å². The van der Waals surface area contributed by atoms with E-state index in [0.29, 0.717) is 12.1 Å². The highest BCUT2D eigenvalue weighted by atomic mass is 32.2. The Morgan fingerprint density at radius 2 is 1.64 bits per heavy atom. The first-order valence-electron chi connectivity index (χ1n) is 9.38. The van der Waals surface area contributed by atoms with Gasteiger partial charge in [0.15, 0.2) is 0 Å². The van der Waals surface area contributed by atoms with Crippen LogP contribution < -0.4 is 9.44 Å². The maximum absolute atomic E-state index is 13.6. The molecule has 3 aromatic rings. The monoisotopic (exact) mass is 497 g/mol. The molecule has 0 aromatic heterocycles. The lowest BCUT2D eigenvalue weighted by Gasteiger charge is -2.21. The largest absolute Gasteiger partial charge is 0.506 e. The fourth-order valence-electron chi connectivity index (χ4n) is 3.09. The number of sulfonamides is 2. The summed E-state index contributed by atoms with van der Waals surface area (Å²) in [5, 5.41) is 21.8. The van der Waals surface area contributed by atoms with Crippen molar-refractivity contribution in [2.24, 2.45) is 0 Å². The summed E-state index contributed by atoms with van der Waals surface area (Å²) in [7, 11) is -8.47. The van der Waals surface area contributed by atoms with Crippen molar-refractivity contribution in [1.82, 2.24) is 4.72 Å². The average Bonchev–Trinajstić information content (AvgIpc) is 2.66. The summed E-state index contributed by atoms with van der Waals surface area (Å²) in [5.74, 6) is -1.77. The smallest absolute Gasteiger partial charge is 0.306 e. The van der Waals surface area contributed by atoms with Gasteiger partial charge < -0.3 is 5.11 Å². The quantitative estimate of drug-likeness (QED) is 0.348. The molecule has 3 N–H and O–H groups in total. The van der Waals surface area contributed by atoms with Gasteiger partial charge in [-0.05, 0) is 45.0 Å². The van der Waals surface area contributed by atoms with Gasteiger partial charge in [0.1, 0.15) is 10.6 Å². The number of hydrogen-bond donors (Lipinski definition) is 3. The summed E-state index contributed by atoms with van der Waals surface area (Å²) in [6.07, 6.45) is 0. The van der Waals surface area contributed by atoms with Crippen molar-refractivity contribution < 1.29 is 31.3 Å². The summed E-state index contributed by atoms with van der Waals surface area (Å²) in [6.45, 7) is 4.90. The maximum Gasteiger partial charge on any atom is 0.306 e. The second kappa shape index (κ2) is 8.24. The first-order chi connectivity index (χ1) is 15.1. The average molecular weight is 498 g/mol. The number of hydrogen-bond acceptors (Lipinski definition) is 7. The molecule has 0 aliphatic carbocycles. The topological polar surface area (TPSA) is 156 Å². The normalized spacial score (nSPS) is 12.6. The van der Waals surface area contributed by atoms with Gasteiger partial charge in [-0.2, -0.15) is 4.39 Å². The van der Waals surface area contributed by atoms with E-state index in [9.17, 15) is 36.4 Å². The standard InChI is InChI=1S/C20H20FN3O7S2/c1-20(2,3)23-33(30,31)18-10-8-13-14(19(18)25)5-4-6-16(13)22-32(28,29)12-7-9-15(21)17(11-12)24(26)27/h4-11,22-23,25H,1-3H3. The number of nitrogens with zero attached hydrogens (tertiary/aromatic N) is 1. The van der Waals surface area contributed by atoms with E-state index in [1.165, 1.54) is 24.3 Å². The van der Waals surface area contributed by atoms with E-state index in [0.717, 1.165) is 12.1 Å². The first kappa shape index (κ1) is 24.4. The maximum atomic E-state index is 13.6. The Balaban J connectivity index is 2.08. The number of phenols is 1. The van der Waals surface area contributed by atoms with Gasteiger partial charge in [-0.1, -0.05) is 18.2 Å². The van der Waals surface area contributed by atoms with Crippen LogP contribution in [0.25, 0.3) is 10.8 Å².